The Balaban J connectivity index is 1.36. The number of rotatable bonds is 3. The molecule has 0 bridgehead atoms. The van der Waals surface area contributed by atoms with E-state index in [0.29, 0.717) is 0 Å². The highest BCUT2D eigenvalue weighted by Gasteiger charge is 2.22. The Kier molecular flexibility index (Phi) is 5.76. The first-order valence-corrected chi connectivity index (χ1v) is 17.4. The SMILES string of the molecule is c1ccc(-c2cc(-c3c4ccccc4c4c5ccc(-c6ccccc6)c6cc7ccccc7c(c7cccc3c74)c65)cc3ccccc23)cc1. The van der Waals surface area contributed by atoms with Crippen molar-refractivity contribution >= 4 is 75.4 Å². The molecule has 0 radical (unpaired) electrons. The summed E-state index contributed by atoms with van der Waals surface area (Å²) in [5.41, 5.74) is 7.56. The predicted molar refractivity (Wildman–Crippen MR) is 216 cm³/mol. The molecule has 0 saturated carbocycles. The lowest BCUT2D eigenvalue weighted by molar-refractivity contribution is 1.64. The van der Waals surface area contributed by atoms with Crippen molar-refractivity contribution in [3.8, 4) is 33.4 Å². The van der Waals surface area contributed by atoms with Gasteiger partial charge in [0, 0.05) is 0 Å². The van der Waals surface area contributed by atoms with E-state index in [0.717, 1.165) is 0 Å². The molecule has 0 heteroatoms. The summed E-state index contributed by atoms with van der Waals surface area (Å²) in [5.74, 6) is 0. The van der Waals surface area contributed by atoms with Crippen molar-refractivity contribution in [1.29, 1.82) is 0 Å². The topological polar surface area (TPSA) is 0 Å². The third kappa shape index (κ3) is 3.82. The standard InChI is InChI=1S/C50H30/c1-3-14-31(15-4-1)37-26-27-43-48-40-23-12-11-22-39(40)46(35-28-33-18-7-9-20-36(33)44(30-35)32-16-5-2-6-17-32)41-24-13-25-42(49(41)48)47-38-21-10-8-19-34(38)29-45(37)50(43)47/h1-30H. The van der Waals surface area contributed by atoms with Crippen LogP contribution in [0.25, 0.3) is 109 Å². The molecule has 0 spiro atoms. The van der Waals surface area contributed by atoms with Gasteiger partial charge in [-0.25, -0.2) is 0 Å². The molecule has 11 aromatic carbocycles. The second-order valence-corrected chi connectivity index (χ2v) is 13.6. The highest BCUT2D eigenvalue weighted by atomic mass is 14.3. The van der Waals surface area contributed by atoms with Gasteiger partial charge in [0.25, 0.3) is 0 Å². The Hall–Kier alpha value is -6.50. The molecule has 0 unspecified atom stereocenters. The summed E-state index contributed by atoms with van der Waals surface area (Å²) in [7, 11) is 0. The average molecular weight is 631 g/mol. The molecule has 0 N–H and O–H groups in total. The second kappa shape index (κ2) is 10.5. The van der Waals surface area contributed by atoms with Gasteiger partial charge in [-0.2, -0.15) is 0 Å². The molecule has 11 aromatic rings. The highest BCUT2D eigenvalue weighted by Crippen LogP contribution is 2.51. The van der Waals surface area contributed by atoms with Crippen LogP contribution in [-0.2, 0) is 0 Å². The zero-order valence-electron chi connectivity index (χ0n) is 27.3. The van der Waals surface area contributed by atoms with Gasteiger partial charge >= 0.3 is 0 Å². The quantitative estimate of drug-likeness (QED) is 0.135. The molecule has 11 rings (SSSR count). The summed E-state index contributed by atoms with van der Waals surface area (Å²) in [5, 5.41) is 18.3. The molecule has 230 valence electrons. The highest BCUT2D eigenvalue weighted by molar-refractivity contribution is 6.44. The molecule has 0 amide bonds. The molecule has 0 nitrogen and oxygen atoms in total. The van der Waals surface area contributed by atoms with Gasteiger partial charge in [-0.3, -0.25) is 0 Å². The van der Waals surface area contributed by atoms with Gasteiger partial charge < -0.3 is 0 Å². The first-order chi connectivity index (χ1) is 24.8. The molecule has 0 heterocycles. The van der Waals surface area contributed by atoms with Crippen molar-refractivity contribution in [3.63, 3.8) is 0 Å². The van der Waals surface area contributed by atoms with Gasteiger partial charge in [-0.1, -0.05) is 164 Å². The van der Waals surface area contributed by atoms with Gasteiger partial charge in [0.2, 0.25) is 0 Å². The third-order valence-corrected chi connectivity index (χ3v) is 10.9. The van der Waals surface area contributed by atoms with Crippen molar-refractivity contribution in [1.82, 2.24) is 0 Å². The van der Waals surface area contributed by atoms with Gasteiger partial charge in [0.15, 0.2) is 0 Å². The number of fused-ring (bicyclic) bond motifs is 7. The van der Waals surface area contributed by atoms with Gasteiger partial charge in [-0.15, -0.1) is 0 Å². The molecule has 0 saturated heterocycles. The van der Waals surface area contributed by atoms with E-state index in [9.17, 15) is 0 Å². The van der Waals surface area contributed by atoms with Crippen LogP contribution in [-0.4, -0.2) is 0 Å². The fraction of sp³-hybridized carbons (Fsp3) is 0. The van der Waals surface area contributed by atoms with Crippen LogP contribution in [0.1, 0.15) is 0 Å². The predicted octanol–water partition coefficient (Wildman–Crippen LogP) is 14.2. The number of hydrogen-bond acceptors (Lipinski definition) is 0. The van der Waals surface area contributed by atoms with Crippen LogP contribution in [0.2, 0.25) is 0 Å². The van der Waals surface area contributed by atoms with Crippen molar-refractivity contribution in [2.75, 3.05) is 0 Å². The average Bonchev–Trinajstić information content (AvgIpc) is 3.19. The number of hydrogen-bond donors (Lipinski definition) is 0. The summed E-state index contributed by atoms with van der Waals surface area (Å²) in [6.07, 6.45) is 0. The maximum absolute atomic E-state index is 2.42. The Morgan fingerprint density at radius 1 is 0.220 bits per heavy atom. The van der Waals surface area contributed by atoms with E-state index in [1.807, 2.05) is 0 Å². The molecule has 0 aliphatic carbocycles. The molecular weight excluding hydrogens is 601 g/mol. The van der Waals surface area contributed by atoms with Crippen molar-refractivity contribution in [2.24, 2.45) is 0 Å². The van der Waals surface area contributed by atoms with Crippen LogP contribution in [0.5, 0.6) is 0 Å². The summed E-state index contributed by atoms with van der Waals surface area (Å²) in [6, 6.07) is 67.5. The van der Waals surface area contributed by atoms with E-state index in [1.165, 1.54) is 109 Å². The molecular formula is C50H30. The maximum atomic E-state index is 2.42. The van der Waals surface area contributed by atoms with Gasteiger partial charge in [-0.05, 0) is 127 Å². The minimum absolute atomic E-state index is 1.24. The molecule has 50 heavy (non-hydrogen) atoms. The summed E-state index contributed by atoms with van der Waals surface area (Å²) in [4.78, 5) is 0. The molecule has 0 fully saturated rings. The first kappa shape index (κ1) is 27.5. The van der Waals surface area contributed by atoms with E-state index >= 15 is 0 Å². The lowest BCUT2D eigenvalue weighted by Crippen LogP contribution is -1.94. The minimum Gasteiger partial charge on any atom is -0.0622 e. The van der Waals surface area contributed by atoms with Crippen LogP contribution in [0, 0.1) is 0 Å². The number of benzene rings is 11. The zero-order valence-corrected chi connectivity index (χ0v) is 27.3. The molecule has 0 aliphatic rings. The second-order valence-electron chi connectivity index (χ2n) is 13.6. The monoisotopic (exact) mass is 630 g/mol. The Morgan fingerprint density at radius 3 is 1.48 bits per heavy atom. The van der Waals surface area contributed by atoms with E-state index < -0.39 is 0 Å². The van der Waals surface area contributed by atoms with E-state index in [-0.39, 0.29) is 0 Å². The molecule has 0 atom stereocenters. The zero-order chi connectivity index (χ0) is 32.8. The lowest BCUT2D eigenvalue weighted by atomic mass is 9.80. The Labute approximate surface area is 289 Å². The van der Waals surface area contributed by atoms with Crippen molar-refractivity contribution < 1.29 is 0 Å². The normalized spacial score (nSPS) is 12.0. The summed E-state index contributed by atoms with van der Waals surface area (Å²) < 4.78 is 0. The van der Waals surface area contributed by atoms with Crippen molar-refractivity contribution in [2.45, 2.75) is 0 Å². The minimum atomic E-state index is 1.24. The first-order valence-electron chi connectivity index (χ1n) is 17.4. The fourth-order valence-electron chi connectivity index (χ4n) is 8.88. The van der Waals surface area contributed by atoms with Crippen LogP contribution in [0.3, 0.4) is 0 Å². The largest absolute Gasteiger partial charge is 0.0622 e. The van der Waals surface area contributed by atoms with Gasteiger partial charge in [0.05, 0.1) is 0 Å². The summed E-state index contributed by atoms with van der Waals surface area (Å²) in [6.45, 7) is 0. The van der Waals surface area contributed by atoms with Crippen LogP contribution >= 0.6 is 0 Å². The molecule has 0 aromatic heterocycles. The fourth-order valence-corrected chi connectivity index (χ4v) is 8.88. The maximum Gasteiger partial charge on any atom is -0.00134 e. The smallest absolute Gasteiger partial charge is 0.00134 e. The van der Waals surface area contributed by atoms with Crippen LogP contribution in [0.15, 0.2) is 182 Å². The van der Waals surface area contributed by atoms with Gasteiger partial charge in [0.1, 0.15) is 0 Å². The third-order valence-electron chi connectivity index (χ3n) is 10.9. The van der Waals surface area contributed by atoms with Crippen molar-refractivity contribution in [3.05, 3.63) is 182 Å². The van der Waals surface area contributed by atoms with E-state index in [2.05, 4.69) is 182 Å². The van der Waals surface area contributed by atoms with E-state index in [1.54, 1.807) is 0 Å². The Bertz CT molecular complexity index is 3120. The molecule has 0 aliphatic heterocycles. The lowest BCUT2D eigenvalue weighted by Gasteiger charge is -2.22. The van der Waals surface area contributed by atoms with Crippen LogP contribution < -0.4 is 0 Å². The van der Waals surface area contributed by atoms with E-state index in [4.69, 9.17) is 0 Å². The Morgan fingerprint density at radius 2 is 0.720 bits per heavy atom. The van der Waals surface area contributed by atoms with Crippen LogP contribution in [0.4, 0.5) is 0 Å². The summed E-state index contributed by atoms with van der Waals surface area (Å²) >= 11 is 0.